The summed E-state index contributed by atoms with van der Waals surface area (Å²) in [5.41, 5.74) is 0. The predicted molar refractivity (Wildman–Crippen MR) is 76.4 cm³/mol. The molecule has 0 heterocycles. The Morgan fingerprint density at radius 2 is 1.80 bits per heavy atom. The maximum Gasteiger partial charge on any atom is 0.306 e. The van der Waals surface area contributed by atoms with Crippen molar-refractivity contribution in [3.63, 3.8) is 0 Å². The van der Waals surface area contributed by atoms with Gasteiger partial charge < -0.3 is 15.3 Å². The number of carboxylic acid groups (broad SMARTS) is 1. The standard InChI is InChI=1S/C15H26N2O3/c1-17(13-4-2-3-5-13)9-8-16-14(18)11-6-7-12(10-11)15(19)20/h11-13H,2-10H2,1H3,(H,16,18)(H,19,20). The van der Waals surface area contributed by atoms with E-state index in [1.54, 1.807) is 0 Å². The van der Waals surface area contributed by atoms with E-state index >= 15 is 0 Å². The van der Waals surface area contributed by atoms with E-state index < -0.39 is 5.97 Å². The van der Waals surface area contributed by atoms with E-state index in [0.29, 0.717) is 31.8 Å². The van der Waals surface area contributed by atoms with Crippen LogP contribution in [-0.4, -0.2) is 48.1 Å². The second kappa shape index (κ2) is 7.07. The van der Waals surface area contributed by atoms with Gasteiger partial charge in [-0.2, -0.15) is 0 Å². The minimum absolute atomic E-state index is 0.0357. The summed E-state index contributed by atoms with van der Waals surface area (Å²) in [7, 11) is 2.12. The fourth-order valence-corrected chi connectivity index (χ4v) is 3.47. The van der Waals surface area contributed by atoms with Crippen LogP contribution in [0.2, 0.25) is 0 Å². The second-order valence-corrected chi connectivity index (χ2v) is 6.26. The quantitative estimate of drug-likeness (QED) is 0.774. The summed E-state index contributed by atoms with van der Waals surface area (Å²) >= 11 is 0. The molecule has 2 rings (SSSR count). The van der Waals surface area contributed by atoms with Crippen LogP contribution in [0.3, 0.4) is 0 Å². The van der Waals surface area contributed by atoms with E-state index in [1.165, 1.54) is 25.7 Å². The largest absolute Gasteiger partial charge is 0.481 e. The average Bonchev–Trinajstić information content (AvgIpc) is 3.09. The Morgan fingerprint density at radius 1 is 1.15 bits per heavy atom. The number of aliphatic carboxylic acids is 1. The molecular formula is C15H26N2O3. The summed E-state index contributed by atoms with van der Waals surface area (Å²) in [5.74, 6) is -1.16. The smallest absolute Gasteiger partial charge is 0.306 e. The first kappa shape index (κ1) is 15.3. The maximum atomic E-state index is 12.0. The molecule has 2 fully saturated rings. The summed E-state index contributed by atoms with van der Waals surface area (Å²) in [6.45, 7) is 1.55. The maximum absolute atomic E-state index is 12.0. The molecule has 0 spiro atoms. The number of likely N-dealkylation sites (N-methyl/N-ethyl adjacent to an activating group) is 1. The van der Waals surface area contributed by atoms with Gasteiger partial charge in [0.15, 0.2) is 0 Å². The second-order valence-electron chi connectivity index (χ2n) is 6.26. The summed E-state index contributed by atoms with van der Waals surface area (Å²) in [6.07, 6.45) is 7.02. The van der Waals surface area contributed by atoms with Crippen LogP contribution in [0.1, 0.15) is 44.9 Å². The van der Waals surface area contributed by atoms with Crippen molar-refractivity contribution in [3.8, 4) is 0 Å². The third-order valence-electron chi connectivity index (χ3n) is 4.86. The molecule has 2 saturated carbocycles. The zero-order chi connectivity index (χ0) is 14.5. The molecule has 2 aliphatic rings. The Morgan fingerprint density at radius 3 is 2.40 bits per heavy atom. The molecule has 0 radical (unpaired) electrons. The van der Waals surface area contributed by atoms with E-state index in [4.69, 9.17) is 5.11 Å². The van der Waals surface area contributed by atoms with Gasteiger partial charge in [-0.25, -0.2) is 0 Å². The highest BCUT2D eigenvalue weighted by atomic mass is 16.4. The lowest BCUT2D eigenvalue weighted by molar-refractivity contribution is -0.141. The van der Waals surface area contributed by atoms with Crippen LogP contribution in [0.5, 0.6) is 0 Å². The third-order valence-corrected chi connectivity index (χ3v) is 4.86. The molecule has 0 bridgehead atoms. The van der Waals surface area contributed by atoms with Crippen LogP contribution in [0.15, 0.2) is 0 Å². The Bertz CT molecular complexity index is 353. The van der Waals surface area contributed by atoms with Crippen molar-refractivity contribution in [1.82, 2.24) is 10.2 Å². The molecular weight excluding hydrogens is 256 g/mol. The van der Waals surface area contributed by atoms with Crippen LogP contribution in [0, 0.1) is 11.8 Å². The van der Waals surface area contributed by atoms with Crippen LogP contribution in [0.25, 0.3) is 0 Å². The highest BCUT2D eigenvalue weighted by molar-refractivity contribution is 5.80. The van der Waals surface area contributed by atoms with Gasteiger partial charge >= 0.3 is 5.97 Å². The minimum Gasteiger partial charge on any atom is -0.481 e. The van der Waals surface area contributed by atoms with E-state index in [1.807, 2.05) is 0 Å². The number of nitrogens with one attached hydrogen (secondary N) is 1. The molecule has 1 amide bonds. The molecule has 2 unspecified atom stereocenters. The molecule has 2 N–H and O–H groups in total. The van der Waals surface area contributed by atoms with Crippen LogP contribution in [-0.2, 0) is 9.59 Å². The molecule has 0 aromatic rings. The van der Waals surface area contributed by atoms with Crippen molar-refractivity contribution in [2.75, 3.05) is 20.1 Å². The van der Waals surface area contributed by atoms with Gasteiger partial charge in [0.05, 0.1) is 5.92 Å². The van der Waals surface area contributed by atoms with Crippen LogP contribution in [0.4, 0.5) is 0 Å². The number of carbonyl (C=O) groups excluding carboxylic acids is 1. The Labute approximate surface area is 120 Å². The predicted octanol–water partition coefficient (Wildman–Crippen LogP) is 1.48. The normalized spacial score (nSPS) is 27.1. The summed E-state index contributed by atoms with van der Waals surface area (Å²) < 4.78 is 0. The van der Waals surface area contributed by atoms with Gasteiger partial charge in [-0.1, -0.05) is 12.8 Å². The average molecular weight is 282 g/mol. The topological polar surface area (TPSA) is 69.6 Å². The van der Waals surface area contributed by atoms with Gasteiger partial charge in [0.1, 0.15) is 0 Å². The van der Waals surface area contributed by atoms with E-state index in [0.717, 1.165) is 6.54 Å². The third kappa shape index (κ3) is 3.95. The van der Waals surface area contributed by atoms with Crippen molar-refractivity contribution >= 4 is 11.9 Å². The molecule has 0 aromatic carbocycles. The number of nitrogens with zero attached hydrogens (tertiary/aromatic N) is 1. The zero-order valence-corrected chi connectivity index (χ0v) is 12.3. The number of hydrogen-bond acceptors (Lipinski definition) is 3. The van der Waals surface area contributed by atoms with E-state index in [9.17, 15) is 9.59 Å². The number of hydrogen-bond donors (Lipinski definition) is 2. The van der Waals surface area contributed by atoms with Crippen molar-refractivity contribution < 1.29 is 14.7 Å². The molecule has 0 saturated heterocycles. The first-order valence-electron chi connectivity index (χ1n) is 7.78. The van der Waals surface area contributed by atoms with Gasteiger partial charge in [-0.05, 0) is 39.2 Å². The van der Waals surface area contributed by atoms with Crippen molar-refractivity contribution in [1.29, 1.82) is 0 Å². The summed E-state index contributed by atoms with van der Waals surface area (Å²) in [5, 5.41) is 11.9. The summed E-state index contributed by atoms with van der Waals surface area (Å²) in [6, 6.07) is 0.676. The Balaban J connectivity index is 1.64. The molecule has 0 aliphatic heterocycles. The monoisotopic (exact) mass is 282 g/mol. The molecule has 20 heavy (non-hydrogen) atoms. The SMILES string of the molecule is CN(CCNC(=O)C1CCC(C(=O)O)C1)C1CCCC1. The van der Waals surface area contributed by atoms with Crippen molar-refractivity contribution in [3.05, 3.63) is 0 Å². The number of carboxylic acids is 1. The Kier molecular flexibility index (Phi) is 5.40. The summed E-state index contributed by atoms with van der Waals surface area (Å²) in [4.78, 5) is 25.2. The zero-order valence-electron chi connectivity index (χ0n) is 12.3. The molecule has 0 aromatic heterocycles. The molecule has 5 nitrogen and oxygen atoms in total. The number of amides is 1. The van der Waals surface area contributed by atoms with Crippen LogP contribution < -0.4 is 5.32 Å². The van der Waals surface area contributed by atoms with Gasteiger partial charge in [0.2, 0.25) is 5.91 Å². The molecule has 5 heteroatoms. The fraction of sp³-hybridized carbons (Fsp3) is 0.867. The van der Waals surface area contributed by atoms with Gasteiger partial charge in [-0.3, -0.25) is 9.59 Å². The molecule has 2 aliphatic carbocycles. The number of carbonyl (C=O) groups is 2. The van der Waals surface area contributed by atoms with Crippen LogP contribution >= 0.6 is 0 Å². The van der Waals surface area contributed by atoms with Gasteiger partial charge in [0.25, 0.3) is 0 Å². The minimum atomic E-state index is -0.763. The molecule has 2 atom stereocenters. The number of rotatable bonds is 6. The lowest BCUT2D eigenvalue weighted by atomic mass is 10.0. The van der Waals surface area contributed by atoms with Crippen molar-refractivity contribution in [2.45, 2.75) is 51.0 Å². The van der Waals surface area contributed by atoms with E-state index in [-0.39, 0.29) is 17.7 Å². The fourth-order valence-electron chi connectivity index (χ4n) is 3.47. The first-order chi connectivity index (χ1) is 9.58. The Hall–Kier alpha value is -1.10. The lowest BCUT2D eigenvalue weighted by Crippen LogP contribution is -2.39. The van der Waals surface area contributed by atoms with Crippen molar-refractivity contribution in [2.24, 2.45) is 11.8 Å². The highest BCUT2D eigenvalue weighted by Crippen LogP contribution is 2.31. The van der Waals surface area contributed by atoms with Gasteiger partial charge in [0, 0.05) is 25.0 Å². The highest BCUT2D eigenvalue weighted by Gasteiger charge is 2.33. The van der Waals surface area contributed by atoms with E-state index in [2.05, 4.69) is 17.3 Å². The van der Waals surface area contributed by atoms with Gasteiger partial charge in [-0.15, -0.1) is 0 Å². The lowest BCUT2D eigenvalue weighted by Gasteiger charge is -2.24. The first-order valence-corrected chi connectivity index (χ1v) is 7.78. The molecule has 114 valence electrons.